The summed E-state index contributed by atoms with van der Waals surface area (Å²) in [5.74, 6) is -0.426. The first kappa shape index (κ1) is 25.1. The molecule has 1 fully saturated rings. The number of nitrogens with zero attached hydrogens (tertiary/aromatic N) is 2. The number of hydrogen-bond acceptors (Lipinski definition) is 4. The molecule has 0 saturated heterocycles. The Hall–Kier alpha value is -3.51. The summed E-state index contributed by atoms with van der Waals surface area (Å²) < 4.78 is 77.9. The van der Waals surface area contributed by atoms with Crippen molar-refractivity contribution in [3.63, 3.8) is 0 Å². The normalized spacial score (nSPS) is 18.8. The van der Waals surface area contributed by atoms with Crippen molar-refractivity contribution in [2.75, 3.05) is 5.32 Å². The molecule has 184 valence electrons. The molecule has 3 rings (SSSR count). The summed E-state index contributed by atoms with van der Waals surface area (Å²) in [4.78, 5) is 19.0. The Morgan fingerprint density at radius 3 is 1.85 bits per heavy atom. The van der Waals surface area contributed by atoms with Crippen LogP contribution in [0.1, 0.15) is 47.4 Å². The quantitative estimate of drug-likeness (QED) is 0.286. The lowest BCUT2D eigenvalue weighted by molar-refractivity contribution is -0.150. The third kappa shape index (κ3) is 6.75. The maximum Gasteiger partial charge on any atom is 0.433 e. The molecule has 2 aromatic rings. The Kier molecular flexibility index (Phi) is 7.22. The van der Waals surface area contributed by atoms with Gasteiger partial charge in [0.1, 0.15) is 11.4 Å². The standard InChI is InChI=1S/C21H22F6N6O/c22-20(23,24)16-9-15(10-17(33-16)21(25,26)27)30-12-5-7-13(8-6-12)31-18(34)11-1-3-14(4-2-11)32-19(28)29/h1-4,9-10,12-13H,5-8H2,(H,30,33)(H,31,34)(H4,28,29,32). The summed E-state index contributed by atoms with van der Waals surface area (Å²) in [5.41, 5.74) is 7.95. The first-order chi connectivity index (χ1) is 15.8. The Balaban J connectivity index is 1.59. The summed E-state index contributed by atoms with van der Waals surface area (Å²) in [6.45, 7) is 0. The van der Waals surface area contributed by atoms with E-state index in [9.17, 15) is 31.1 Å². The molecule has 1 aromatic heterocycles. The highest BCUT2D eigenvalue weighted by molar-refractivity contribution is 5.94. The number of halogens is 6. The van der Waals surface area contributed by atoms with Crippen LogP contribution in [0.25, 0.3) is 0 Å². The van der Waals surface area contributed by atoms with Crippen molar-refractivity contribution in [1.82, 2.24) is 10.3 Å². The minimum Gasteiger partial charge on any atom is -0.382 e. The van der Waals surface area contributed by atoms with Crippen molar-refractivity contribution in [1.29, 1.82) is 0 Å². The Labute approximate surface area is 190 Å². The number of benzene rings is 1. The smallest absolute Gasteiger partial charge is 0.382 e. The molecular formula is C21H22F6N6O. The zero-order chi connectivity index (χ0) is 25.1. The van der Waals surface area contributed by atoms with Crippen molar-refractivity contribution in [3.8, 4) is 0 Å². The predicted molar refractivity (Wildman–Crippen MR) is 113 cm³/mol. The lowest BCUT2D eigenvalue weighted by atomic mass is 9.90. The van der Waals surface area contributed by atoms with Crippen molar-refractivity contribution < 1.29 is 31.1 Å². The van der Waals surface area contributed by atoms with Gasteiger partial charge in [0.2, 0.25) is 0 Å². The molecule has 0 atom stereocenters. The van der Waals surface area contributed by atoms with Gasteiger partial charge in [-0.05, 0) is 62.1 Å². The van der Waals surface area contributed by atoms with Gasteiger partial charge in [-0.3, -0.25) is 4.79 Å². The van der Waals surface area contributed by atoms with Crippen LogP contribution in [0.3, 0.4) is 0 Å². The molecule has 1 aromatic carbocycles. The van der Waals surface area contributed by atoms with E-state index >= 15 is 0 Å². The van der Waals surface area contributed by atoms with Crippen molar-refractivity contribution in [3.05, 3.63) is 53.3 Å². The first-order valence-corrected chi connectivity index (χ1v) is 10.2. The maximum atomic E-state index is 13.0. The zero-order valence-electron chi connectivity index (χ0n) is 17.7. The van der Waals surface area contributed by atoms with Crippen molar-refractivity contribution in [2.45, 2.75) is 50.1 Å². The van der Waals surface area contributed by atoms with Gasteiger partial charge in [0.25, 0.3) is 5.91 Å². The van der Waals surface area contributed by atoms with Crippen LogP contribution in [0.15, 0.2) is 41.4 Å². The number of anilines is 1. The van der Waals surface area contributed by atoms with Crippen LogP contribution in [0, 0.1) is 0 Å². The molecule has 0 spiro atoms. The molecule has 1 heterocycles. The van der Waals surface area contributed by atoms with Gasteiger partial charge in [-0.2, -0.15) is 26.3 Å². The minimum absolute atomic E-state index is 0.112. The van der Waals surface area contributed by atoms with Gasteiger partial charge in [-0.15, -0.1) is 0 Å². The number of carbonyl (C=O) groups is 1. The fraction of sp³-hybridized carbons (Fsp3) is 0.381. The molecule has 1 aliphatic rings. The fourth-order valence-corrected chi connectivity index (χ4v) is 3.63. The average molecular weight is 488 g/mol. The third-order valence-corrected chi connectivity index (χ3v) is 5.23. The topological polar surface area (TPSA) is 118 Å². The lowest BCUT2D eigenvalue weighted by Gasteiger charge is -2.30. The van der Waals surface area contributed by atoms with Gasteiger partial charge in [0.05, 0.1) is 5.69 Å². The summed E-state index contributed by atoms with van der Waals surface area (Å²) >= 11 is 0. The molecule has 0 aliphatic heterocycles. The Morgan fingerprint density at radius 1 is 0.882 bits per heavy atom. The molecule has 6 N–H and O–H groups in total. The van der Waals surface area contributed by atoms with E-state index in [1.54, 1.807) is 24.3 Å². The number of amides is 1. The molecule has 0 unspecified atom stereocenters. The van der Waals surface area contributed by atoms with E-state index in [0.29, 0.717) is 49.1 Å². The molecule has 7 nitrogen and oxygen atoms in total. The van der Waals surface area contributed by atoms with E-state index in [2.05, 4.69) is 20.6 Å². The number of hydrogen-bond donors (Lipinski definition) is 4. The molecule has 1 amide bonds. The molecule has 1 saturated carbocycles. The molecule has 1 aliphatic carbocycles. The second kappa shape index (κ2) is 9.77. The number of guanidine groups is 1. The van der Waals surface area contributed by atoms with Gasteiger partial charge in [-0.1, -0.05) is 0 Å². The summed E-state index contributed by atoms with van der Waals surface area (Å²) in [6, 6.07) is 6.87. The van der Waals surface area contributed by atoms with E-state index < -0.39 is 23.7 Å². The number of pyridine rings is 1. The van der Waals surface area contributed by atoms with Crippen LogP contribution in [0.4, 0.5) is 37.7 Å². The van der Waals surface area contributed by atoms with Crippen LogP contribution < -0.4 is 22.1 Å². The number of carbonyl (C=O) groups excluding carboxylic acids is 1. The summed E-state index contributed by atoms with van der Waals surface area (Å²) in [6.07, 6.45) is -8.14. The van der Waals surface area contributed by atoms with Crippen LogP contribution in [0.2, 0.25) is 0 Å². The van der Waals surface area contributed by atoms with Gasteiger partial charge in [0.15, 0.2) is 5.96 Å². The van der Waals surface area contributed by atoms with Gasteiger partial charge >= 0.3 is 12.4 Å². The van der Waals surface area contributed by atoms with Gasteiger partial charge in [0, 0.05) is 23.3 Å². The fourth-order valence-electron chi connectivity index (χ4n) is 3.63. The van der Waals surface area contributed by atoms with Crippen molar-refractivity contribution >= 4 is 23.2 Å². The Morgan fingerprint density at radius 2 is 1.38 bits per heavy atom. The molecule has 0 radical (unpaired) electrons. The van der Waals surface area contributed by atoms with Crippen LogP contribution in [-0.2, 0) is 12.4 Å². The minimum atomic E-state index is -5.01. The van der Waals surface area contributed by atoms with Gasteiger partial charge < -0.3 is 22.1 Å². The van der Waals surface area contributed by atoms with E-state index in [-0.39, 0.29) is 29.6 Å². The van der Waals surface area contributed by atoms with Gasteiger partial charge in [-0.25, -0.2) is 9.98 Å². The van der Waals surface area contributed by atoms with Crippen LogP contribution >= 0.6 is 0 Å². The third-order valence-electron chi connectivity index (χ3n) is 5.23. The van der Waals surface area contributed by atoms with Crippen LogP contribution in [-0.4, -0.2) is 28.9 Å². The number of rotatable bonds is 5. The highest BCUT2D eigenvalue weighted by atomic mass is 19.4. The highest BCUT2D eigenvalue weighted by Crippen LogP contribution is 2.35. The SMILES string of the molecule is NC(N)=Nc1ccc(C(=O)NC2CCC(Nc3cc(C(F)(F)F)nc(C(F)(F)F)c3)CC2)cc1. The Bertz CT molecular complexity index is 1010. The number of aromatic nitrogens is 1. The second-order valence-corrected chi connectivity index (χ2v) is 7.87. The largest absolute Gasteiger partial charge is 0.433 e. The second-order valence-electron chi connectivity index (χ2n) is 7.87. The van der Waals surface area contributed by atoms with E-state index in [1.807, 2.05) is 0 Å². The number of aliphatic imine (C=N–C) groups is 1. The number of nitrogens with one attached hydrogen (secondary N) is 2. The first-order valence-electron chi connectivity index (χ1n) is 10.2. The van der Waals surface area contributed by atoms with Crippen molar-refractivity contribution in [2.24, 2.45) is 16.5 Å². The van der Waals surface area contributed by atoms with E-state index in [1.165, 1.54) is 0 Å². The number of nitrogens with two attached hydrogens (primary N) is 2. The van der Waals surface area contributed by atoms with E-state index in [0.717, 1.165) is 0 Å². The zero-order valence-corrected chi connectivity index (χ0v) is 17.7. The summed E-state index contributed by atoms with van der Waals surface area (Å²) in [5, 5.41) is 5.63. The monoisotopic (exact) mass is 488 g/mol. The predicted octanol–water partition coefficient (Wildman–Crippen LogP) is 4.18. The maximum absolute atomic E-state index is 13.0. The average Bonchev–Trinajstić information content (AvgIpc) is 2.74. The van der Waals surface area contributed by atoms with Crippen LogP contribution in [0.5, 0.6) is 0 Å². The molecule has 34 heavy (non-hydrogen) atoms. The number of alkyl halides is 6. The molecule has 0 bridgehead atoms. The molecule has 13 heteroatoms. The van der Waals surface area contributed by atoms with E-state index in [4.69, 9.17) is 11.5 Å². The summed E-state index contributed by atoms with van der Waals surface area (Å²) in [7, 11) is 0. The highest BCUT2D eigenvalue weighted by Gasteiger charge is 2.39. The molecular weight excluding hydrogens is 466 g/mol. The lowest BCUT2D eigenvalue weighted by Crippen LogP contribution is -2.40.